The Hall–Kier alpha value is -3.21. The van der Waals surface area contributed by atoms with Gasteiger partial charge >= 0.3 is 0 Å². The maximum atomic E-state index is 4.55. The maximum Gasteiger partial charge on any atom is 0.180 e. The molecule has 3 heterocycles. The highest BCUT2D eigenvalue weighted by Gasteiger charge is 2.10. The van der Waals surface area contributed by atoms with E-state index in [1.165, 1.54) is 5.56 Å². The van der Waals surface area contributed by atoms with E-state index in [0.29, 0.717) is 0 Å². The van der Waals surface area contributed by atoms with Crippen LogP contribution in [0.15, 0.2) is 67.4 Å². The second kappa shape index (κ2) is 5.53. The van der Waals surface area contributed by atoms with Gasteiger partial charge in [0.2, 0.25) is 0 Å². The summed E-state index contributed by atoms with van der Waals surface area (Å²) >= 11 is 0. The molecule has 0 saturated carbocycles. The number of aryl methyl sites for hydroxylation is 1. The van der Waals surface area contributed by atoms with Gasteiger partial charge in [0.15, 0.2) is 11.5 Å². The largest absolute Gasteiger partial charge is 0.337 e. The van der Waals surface area contributed by atoms with Crippen molar-refractivity contribution in [2.45, 2.75) is 6.92 Å². The zero-order valence-electron chi connectivity index (χ0n) is 12.6. The number of aromatic nitrogens is 4. The molecule has 4 aromatic rings. The lowest BCUT2D eigenvalue weighted by Gasteiger charge is -2.10. The van der Waals surface area contributed by atoms with Gasteiger partial charge in [-0.1, -0.05) is 17.7 Å². The Balaban J connectivity index is 1.78. The number of nitrogens with one attached hydrogen (secondary N) is 1. The highest BCUT2D eigenvalue weighted by molar-refractivity contribution is 5.73. The molecule has 1 aromatic carbocycles. The SMILES string of the molecule is Cc1ccc(Nc2ncc(-c3cccnc3)n3ccnc23)cc1. The van der Waals surface area contributed by atoms with Gasteiger partial charge in [-0.25, -0.2) is 9.97 Å². The van der Waals surface area contributed by atoms with Gasteiger partial charge in [-0.05, 0) is 31.2 Å². The van der Waals surface area contributed by atoms with Gasteiger partial charge in [-0.2, -0.15) is 0 Å². The van der Waals surface area contributed by atoms with Gasteiger partial charge in [-0.3, -0.25) is 9.38 Å². The summed E-state index contributed by atoms with van der Waals surface area (Å²) < 4.78 is 2.01. The Labute approximate surface area is 133 Å². The molecule has 0 radical (unpaired) electrons. The Morgan fingerprint density at radius 1 is 0.957 bits per heavy atom. The predicted octanol–water partition coefficient (Wildman–Crippen LogP) is 3.84. The minimum atomic E-state index is 0.728. The summed E-state index contributed by atoms with van der Waals surface area (Å²) in [5, 5.41) is 3.33. The third-order valence-corrected chi connectivity index (χ3v) is 3.70. The quantitative estimate of drug-likeness (QED) is 0.624. The van der Waals surface area contributed by atoms with Crippen LogP contribution in [0.2, 0.25) is 0 Å². The molecule has 0 unspecified atom stereocenters. The smallest absolute Gasteiger partial charge is 0.180 e. The molecule has 0 fully saturated rings. The second-order valence-electron chi connectivity index (χ2n) is 5.35. The zero-order chi connectivity index (χ0) is 15.6. The summed E-state index contributed by atoms with van der Waals surface area (Å²) in [5.74, 6) is 0.728. The van der Waals surface area contributed by atoms with Crippen molar-refractivity contribution < 1.29 is 0 Å². The summed E-state index contributed by atoms with van der Waals surface area (Å²) in [7, 11) is 0. The number of hydrogen-bond donors (Lipinski definition) is 1. The molecular weight excluding hydrogens is 286 g/mol. The molecule has 3 aromatic heterocycles. The fourth-order valence-corrected chi connectivity index (χ4v) is 2.51. The van der Waals surface area contributed by atoms with Gasteiger partial charge < -0.3 is 5.32 Å². The lowest BCUT2D eigenvalue weighted by Crippen LogP contribution is -2.00. The van der Waals surface area contributed by atoms with Crippen LogP contribution < -0.4 is 5.32 Å². The van der Waals surface area contributed by atoms with E-state index in [1.807, 2.05) is 47.3 Å². The first-order valence-corrected chi connectivity index (χ1v) is 7.37. The van der Waals surface area contributed by atoms with Gasteiger partial charge in [-0.15, -0.1) is 0 Å². The Morgan fingerprint density at radius 2 is 1.83 bits per heavy atom. The van der Waals surface area contributed by atoms with Crippen LogP contribution in [0.3, 0.4) is 0 Å². The van der Waals surface area contributed by atoms with Crippen LogP contribution in [0.1, 0.15) is 5.56 Å². The normalized spacial score (nSPS) is 10.8. The van der Waals surface area contributed by atoms with Crippen LogP contribution in [-0.4, -0.2) is 19.4 Å². The molecule has 0 spiro atoms. The van der Waals surface area contributed by atoms with Crippen molar-refractivity contribution in [2.75, 3.05) is 5.32 Å². The first kappa shape index (κ1) is 13.5. The van der Waals surface area contributed by atoms with Gasteiger partial charge in [0.1, 0.15) is 0 Å². The van der Waals surface area contributed by atoms with Crippen LogP contribution in [0.4, 0.5) is 11.5 Å². The lowest BCUT2D eigenvalue weighted by atomic mass is 10.2. The zero-order valence-corrected chi connectivity index (χ0v) is 12.6. The third-order valence-electron chi connectivity index (χ3n) is 3.70. The average Bonchev–Trinajstić information content (AvgIpc) is 3.08. The lowest BCUT2D eigenvalue weighted by molar-refractivity contribution is 1.13. The minimum Gasteiger partial charge on any atom is -0.337 e. The summed E-state index contributed by atoms with van der Waals surface area (Å²) in [6, 6.07) is 12.1. The van der Waals surface area contributed by atoms with E-state index in [9.17, 15) is 0 Å². The molecule has 5 nitrogen and oxygen atoms in total. The molecule has 0 aliphatic rings. The molecule has 112 valence electrons. The number of nitrogens with zero attached hydrogens (tertiary/aromatic N) is 4. The molecule has 0 aliphatic carbocycles. The topological polar surface area (TPSA) is 55.1 Å². The number of fused-ring (bicyclic) bond motifs is 1. The van der Waals surface area contributed by atoms with Crippen molar-refractivity contribution in [3.63, 3.8) is 0 Å². The summed E-state index contributed by atoms with van der Waals surface area (Å²) in [6.45, 7) is 2.07. The van der Waals surface area contributed by atoms with Crippen LogP contribution in [0.25, 0.3) is 16.9 Å². The average molecular weight is 301 g/mol. The minimum absolute atomic E-state index is 0.728. The van der Waals surface area contributed by atoms with Crippen molar-refractivity contribution in [1.29, 1.82) is 0 Å². The first-order valence-electron chi connectivity index (χ1n) is 7.37. The molecule has 5 heteroatoms. The van der Waals surface area contributed by atoms with Crippen molar-refractivity contribution in [1.82, 2.24) is 19.4 Å². The molecule has 1 N–H and O–H groups in total. The monoisotopic (exact) mass is 301 g/mol. The Kier molecular flexibility index (Phi) is 3.24. The van der Waals surface area contributed by atoms with Crippen molar-refractivity contribution in [3.05, 3.63) is 72.9 Å². The van der Waals surface area contributed by atoms with Crippen molar-refractivity contribution in [3.8, 4) is 11.3 Å². The number of anilines is 2. The molecular formula is C18H15N5. The van der Waals surface area contributed by atoms with Gasteiger partial charge in [0.05, 0.1) is 11.9 Å². The summed E-state index contributed by atoms with van der Waals surface area (Å²) in [4.78, 5) is 13.2. The van der Waals surface area contributed by atoms with Crippen LogP contribution in [0.5, 0.6) is 0 Å². The van der Waals surface area contributed by atoms with Crippen LogP contribution in [-0.2, 0) is 0 Å². The van der Waals surface area contributed by atoms with E-state index in [2.05, 4.69) is 39.3 Å². The van der Waals surface area contributed by atoms with E-state index >= 15 is 0 Å². The Morgan fingerprint density at radius 3 is 2.61 bits per heavy atom. The standard InChI is InChI=1S/C18H15N5/c1-13-4-6-15(7-5-13)22-17-18-20-9-10-23(18)16(12-21-17)14-3-2-8-19-11-14/h2-12H,1H3,(H,21,22). The maximum absolute atomic E-state index is 4.55. The highest BCUT2D eigenvalue weighted by atomic mass is 15.1. The molecule has 0 amide bonds. The summed E-state index contributed by atoms with van der Waals surface area (Å²) in [5.41, 5.74) is 4.96. The van der Waals surface area contributed by atoms with Crippen molar-refractivity contribution >= 4 is 17.2 Å². The molecule has 0 atom stereocenters. The van der Waals surface area contributed by atoms with E-state index in [1.54, 1.807) is 12.4 Å². The first-order chi connectivity index (χ1) is 11.3. The Bertz CT molecular complexity index is 942. The van der Waals surface area contributed by atoms with E-state index in [-0.39, 0.29) is 0 Å². The van der Waals surface area contributed by atoms with Gasteiger partial charge in [0, 0.05) is 36.0 Å². The second-order valence-corrected chi connectivity index (χ2v) is 5.35. The highest BCUT2D eigenvalue weighted by Crippen LogP contribution is 2.24. The number of benzene rings is 1. The molecule has 0 saturated heterocycles. The van der Waals surface area contributed by atoms with Crippen LogP contribution in [0, 0.1) is 6.92 Å². The number of rotatable bonds is 3. The summed E-state index contributed by atoms with van der Waals surface area (Å²) in [6.07, 6.45) is 9.12. The third kappa shape index (κ3) is 2.53. The van der Waals surface area contributed by atoms with E-state index < -0.39 is 0 Å². The molecule has 0 bridgehead atoms. The molecule has 0 aliphatic heterocycles. The fraction of sp³-hybridized carbons (Fsp3) is 0.0556. The van der Waals surface area contributed by atoms with Crippen LogP contribution >= 0.6 is 0 Å². The van der Waals surface area contributed by atoms with E-state index in [0.717, 1.165) is 28.4 Å². The predicted molar refractivity (Wildman–Crippen MR) is 90.7 cm³/mol. The number of pyridine rings is 1. The fourth-order valence-electron chi connectivity index (χ4n) is 2.51. The number of hydrogen-bond acceptors (Lipinski definition) is 4. The van der Waals surface area contributed by atoms with Crippen molar-refractivity contribution in [2.24, 2.45) is 0 Å². The van der Waals surface area contributed by atoms with E-state index in [4.69, 9.17) is 0 Å². The number of imidazole rings is 1. The molecule has 4 rings (SSSR count). The van der Waals surface area contributed by atoms with Gasteiger partial charge in [0.25, 0.3) is 0 Å². The molecule has 23 heavy (non-hydrogen) atoms.